The number of aromatic amines is 1. The van der Waals surface area contributed by atoms with E-state index in [9.17, 15) is 0 Å². The minimum Gasteiger partial charge on any atom is -0.340 e. The zero-order valence-corrected chi connectivity index (χ0v) is 13.9. The first kappa shape index (κ1) is 14.7. The van der Waals surface area contributed by atoms with Gasteiger partial charge in [0.1, 0.15) is 5.82 Å². The molecular weight excluding hydrogens is 314 g/mol. The van der Waals surface area contributed by atoms with Crippen LogP contribution in [0, 0.1) is 11.8 Å². The van der Waals surface area contributed by atoms with Gasteiger partial charge in [0.2, 0.25) is 5.95 Å². The maximum atomic E-state index is 4.72. The second-order valence-corrected chi connectivity index (χ2v) is 6.95. The summed E-state index contributed by atoms with van der Waals surface area (Å²) < 4.78 is 0. The van der Waals surface area contributed by atoms with Crippen molar-refractivity contribution in [2.24, 2.45) is 11.8 Å². The Balaban J connectivity index is 1.32. The number of anilines is 3. The predicted octanol–water partition coefficient (Wildman–Crippen LogP) is 2.14. The van der Waals surface area contributed by atoms with Crippen molar-refractivity contribution in [3.05, 3.63) is 36.7 Å². The molecule has 0 spiro atoms. The van der Waals surface area contributed by atoms with Crippen molar-refractivity contribution in [3.8, 4) is 0 Å². The Kier molecular flexibility index (Phi) is 3.52. The molecule has 5 rings (SSSR count). The summed E-state index contributed by atoms with van der Waals surface area (Å²) in [5.74, 6) is 3.24. The highest BCUT2D eigenvalue weighted by Crippen LogP contribution is 2.29. The van der Waals surface area contributed by atoms with Crippen LogP contribution in [0.3, 0.4) is 0 Å². The lowest BCUT2D eigenvalue weighted by atomic mass is 9.87. The van der Waals surface area contributed by atoms with Crippen LogP contribution < -0.4 is 15.5 Å². The number of hydrogen-bond acceptors (Lipinski definition) is 6. The van der Waals surface area contributed by atoms with Crippen LogP contribution in [0.2, 0.25) is 0 Å². The van der Waals surface area contributed by atoms with E-state index in [0.717, 1.165) is 66.4 Å². The summed E-state index contributed by atoms with van der Waals surface area (Å²) in [5, 5.41) is 14.9. The molecule has 2 saturated heterocycles. The maximum absolute atomic E-state index is 4.72. The highest BCUT2D eigenvalue weighted by molar-refractivity contribution is 5.82. The molecule has 0 radical (unpaired) electrons. The Bertz CT molecular complexity index is 886. The molecule has 7 nitrogen and oxygen atoms in total. The average Bonchev–Trinajstić information content (AvgIpc) is 3.22. The largest absolute Gasteiger partial charge is 0.340 e. The Morgan fingerprint density at radius 1 is 1.16 bits per heavy atom. The van der Waals surface area contributed by atoms with E-state index >= 15 is 0 Å². The van der Waals surface area contributed by atoms with Crippen LogP contribution in [-0.4, -0.2) is 46.3 Å². The Labute approximate surface area is 145 Å². The number of nitrogens with zero attached hydrogens (tertiary/aromatic N) is 4. The summed E-state index contributed by atoms with van der Waals surface area (Å²) in [6.45, 7) is 4.44. The number of rotatable bonds is 4. The number of fused-ring (bicyclic) bond motifs is 1. The van der Waals surface area contributed by atoms with Crippen molar-refractivity contribution in [3.63, 3.8) is 0 Å². The summed E-state index contributed by atoms with van der Waals surface area (Å²) in [6.07, 6.45) is 4.90. The lowest BCUT2D eigenvalue weighted by Gasteiger charge is -2.32. The Morgan fingerprint density at radius 3 is 3.00 bits per heavy atom. The molecule has 2 aliphatic heterocycles. The molecule has 1 unspecified atom stereocenters. The van der Waals surface area contributed by atoms with Gasteiger partial charge in [-0.3, -0.25) is 5.10 Å². The van der Waals surface area contributed by atoms with E-state index in [2.05, 4.69) is 36.8 Å². The number of nitrogens with one attached hydrogen (secondary N) is 3. The third-order valence-corrected chi connectivity index (χ3v) is 5.34. The fraction of sp³-hybridized carbons (Fsp3) is 0.389. The molecule has 7 heteroatoms. The first-order valence-electron chi connectivity index (χ1n) is 8.84. The first-order valence-corrected chi connectivity index (χ1v) is 8.84. The number of H-pyrrole nitrogens is 1. The average molecular weight is 335 g/mol. The minimum atomic E-state index is 0.768. The molecule has 3 aromatic rings. The van der Waals surface area contributed by atoms with Gasteiger partial charge in [-0.15, -0.1) is 0 Å². The van der Waals surface area contributed by atoms with E-state index in [1.54, 1.807) is 0 Å². The molecule has 3 N–H and O–H groups in total. The van der Waals surface area contributed by atoms with Crippen LogP contribution in [-0.2, 0) is 0 Å². The smallest absolute Gasteiger partial charge is 0.227 e. The zero-order chi connectivity index (χ0) is 16.6. The van der Waals surface area contributed by atoms with Gasteiger partial charge in [-0.2, -0.15) is 10.1 Å². The van der Waals surface area contributed by atoms with Crippen LogP contribution in [0.25, 0.3) is 10.9 Å². The van der Waals surface area contributed by atoms with Gasteiger partial charge in [0, 0.05) is 30.4 Å². The van der Waals surface area contributed by atoms with Crippen molar-refractivity contribution in [2.75, 3.05) is 36.4 Å². The molecule has 25 heavy (non-hydrogen) atoms. The van der Waals surface area contributed by atoms with E-state index < -0.39 is 0 Å². The van der Waals surface area contributed by atoms with Gasteiger partial charge in [0.15, 0.2) is 0 Å². The highest BCUT2D eigenvalue weighted by atomic mass is 15.3. The van der Waals surface area contributed by atoms with E-state index in [-0.39, 0.29) is 0 Å². The van der Waals surface area contributed by atoms with Crippen molar-refractivity contribution < 1.29 is 0 Å². The topological polar surface area (TPSA) is 81.8 Å². The molecule has 0 bridgehead atoms. The Morgan fingerprint density at radius 2 is 2.12 bits per heavy atom. The maximum Gasteiger partial charge on any atom is 0.227 e. The molecule has 1 aromatic carbocycles. The van der Waals surface area contributed by atoms with Gasteiger partial charge in [0.05, 0.1) is 11.7 Å². The van der Waals surface area contributed by atoms with Gasteiger partial charge < -0.3 is 15.5 Å². The normalized spacial score (nSPS) is 20.8. The molecule has 0 amide bonds. The van der Waals surface area contributed by atoms with E-state index in [1.807, 2.05) is 30.6 Å². The van der Waals surface area contributed by atoms with Gasteiger partial charge in [0.25, 0.3) is 0 Å². The first-order chi connectivity index (χ1) is 12.3. The fourth-order valence-corrected chi connectivity index (χ4v) is 3.74. The molecule has 128 valence electrons. The summed E-state index contributed by atoms with van der Waals surface area (Å²) in [6, 6.07) is 8.02. The molecule has 2 fully saturated rings. The molecule has 2 aliphatic rings. The highest BCUT2D eigenvalue weighted by Gasteiger charge is 2.33. The van der Waals surface area contributed by atoms with Crippen LogP contribution in [0.5, 0.6) is 0 Å². The van der Waals surface area contributed by atoms with Crippen molar-refractivity contribution in [1.82, 2.24) is 25.5 Å². The van der Waals surface area contributed by atoms with Crippen molar-refractivity contribution in [1.29, 1.82) is 0 Å². The van der Waals surface area contributed by atoms with Crippen molar-refractivity contribution in [2.45, 2.75) is 6.42 Å². The lowest BCUT2D eigenvalue weighted by molar-refractivity contribution is 0.250. The molecule has 0 aliphatic carbocycles. The number of aromatic nitrogens is 4. The SMILES string of the molecule is c1cc(Nc2ccc3[nH]ncc3c2)nc(N2CCC(C3CNC3)C2)n1. The summed E-state index contributed by atoms with van der Waals surface area (Å²) >= 11 is 0. The zero-order valence-electron chi connectivity index (χ0n) is 13.9. The molecule has 0 saturated carbocycles. The molecule has 2 aromatic heterocycles. The molecule has 4 heterocycles. The van der Waals surface area contributed by atoms with Gasteiger partial charge in [-0.1, -0.05) is 0 Å². The third-order valence-electron chi connectivity index (χ3n) is 5.34. The van der Waals surface area contributed by atoms with E-state index in [1.165, 1.54) is 6.42 Å². The van der Waals surface area contributed by atoms with E-state index in [4.69, 9.17) is 4.98 Å². The van der Waals surface area contributed by atoms with Crippen LogP contribution in [0.1, 0.15) is 6.42 Å². The Hall–Kier alpha value is -2.67. The van der Waals surface area contributed by atoms with E-state index in [0.29, 0.717) is 0 Å². The lowest BCUT2D eigenvalue weighted by Crippen LogP contribution is -2.46. The summed E-state index contributed by atoms with van der Waals surface area (Å²) in [7, 11) is 0. The fourth-order valence-electron chi connectivity index (χ4n) is 3.74. The number of hydrogen-bond donors (Lipinski definition) is 3. The quantitative estimate of drug-likeness (QED) is 0.678. The van der Waals surface area contributed by atoms with Gasteiger partial charge in [-0.25, -0.2) is 4.98 Å². The molecular formula is C18H21N7. The van der Waals surface area contributed by atoms with Crippen LogP contribution >= 0.6 is 0 Å². The van der Waals surface area contributed by atoms with Gasteiger partial charge >= 0.3 is 0 Å². The monoisotopic (exact) mass is 335 g/mol. The summed E-state index contributed by atoms with van der Waals surface area (Å²) in [5.41, 5.74) is 2.03. The van der Waals surface area contributed by atoms with Crippen LogP contribution in [0.15, 0.2) is 36.7 Å². The summed E-state index contributed by atoms with van der Waals surface area (Å²) in [4.78, 5) is 11.5. The standard InChI is InChI=1S/C18H21N7/c1-2-16-13(10-21-24-16)7-15(1)22-17-3-5-20-18(23-17)25-6-4-12(11-25)14-8-19-9-14/h1-3,5,7,10,12,14,19H,4,6,8-9,11H2,(H,21,24)(H,20,22,23). The van der Waals surface area contributed by atoms with Crippen LogP contribution in [0.4, 0.5) is 17.5 Å². The van der Waals surface area contributed by atoms with Crippen molar-refractivity contribution >= 4 is 28.4 Å². The minimum absolute atomic E-state index is 0.768. The second kappa shape index (κ2) is 6.00. The third kappa shape index (κ3) is 2.80. The molecule has 1 atom stereocenters. The number of benzene rings is 1. The predicted molar refractivity (Wildman–Crippen MR) is 98.1 cm³/mol. The second-order valence-electron chi connectivity index (χ2n) is 6.95. The van der Waals surface area contributed by atoms with Gasteiger partial charge in [-0.05, 0) is 55.6 Å².